The first-order chi connectivity index (χ1) is 34.7. The Bertz CT molecular complexity index is 3650. The number of fused-ring (bicyclic) bond motifs is 6. The third-order valence-corrected chi connectivity index (χ3v) is 14.1. The quantitative estimate of drug-likeness (QED) is 0.136. The molecule has 4 heteroatoms. The predicted octanol–water partition coefficient (Wildman–Crippen LogP) is 17.8. The van der Waals surface area contributed by atoms with Crippen LogP contribution in [0, 0.1) is 0 Å². The van der Waals surface area contributed by atoms with Gasteiger partial charge >= 0.3 is 0 Å². The van der Waals surface area contributed by atoms with Crippen LogP contribution in [0.25, 0.3) is 49.7 Å². The summed E-state index contributed by atoms with van der Waals surface area (Å²) < 4.78 is 2.37. The smallest absolute Gasteiger partial charge is 0.0629 e. The van der Waals surface area contributed by atoms with E-state index in [0.29, 0.717) is 5.92 Å². The topological polar surface area (TPSA) is 14.7 Å². The molecule has 0 N–H and O–H groups in total. The number of hydrogen-bond acceptors (Lipinski definition) is 3. The zero-order valence-corrected chi connectivity index (χ0v) is 38.5. The first-order valence-corrected chi connectivity index (χ1v) is 24.2. The standard InChI is InChI=1S/C66H48N4/c1-3-16-51(17-4-1)67(53-38-30-47(31-39-53)49-34-42-55(43-35-49)69-63-26-11-7-22-59(63)60-23-8-12-27-64(60)69)57-20-15-21-58(46-57)68(52-18-5-2-6-19-52)54-40-32-48(33-41-54)50-36-44-56(45-37-50)70-65-28-13-9-24-61(65)62-25-10-14-29-66(62)70/h1-46,59,63H. The van der Waals surface area contributed by atoms with E-state index in [9.17, 15) is 0 Å². The molecular weight excluding hydrogens is 849 g/mol. The number of allylic oxidation sites excluding steroid dienone is 2. The summed E-state index contributed by atoms with van der Waals surface area (Å²) >= 11 is 0. The van der Waals surface area contributed by atoms with Crippen LogP contribution in [-0.2, 0) is 0 Å². The molecule has 2 unspecified atom stereocenters. The first-order valence-electron chi connectivity index (χ1n) is 24.2. The molecule has 1 aliphatic carbocycles. The van der Waals surface area contributed by atoms with Crippen LogP contribution in [-0.4, -0.2) is 10.6 Å². The van der Waals surface area contributed by atoms with Crippen molar-refractivity contribution in [1.29, 1.82) is 0 Å². The lowest BCUT2D eigenvalue weighted by Crippen LogP contribution is -2.28. The van der Waals surface area contributed by atoms with Crippen LogP contribution >= 0.6 is 0 Å². The molecule has 2 atom stereocenters. The highest BCUT2D eigenvalue weighted by atomic mass is 15.2. The summed E-state index contributed by atoms with van der Waals surface area (Å²) in [5.74, 6) is 0.365. The average molecular weight is 897 g/mol. The number of benzene rings is 10. The van der Waals surface area contributed by atoms with Crippen molar-refractivity contribution in [2.45, 2.75) is 12.0 Å². The van der Waals surface area contributed by atoms with E-state index < -0.39 is 0 Å². The summed E-state index contributed by atoms with van der Waals surface area (Å²) in [4.78, 5) is 7.18. The SMILES string of the molecule is C1=CC2c3ccccc3N(c3ccc(-c4ccc(N(c5ccccc5)c5cccc(N(c6ccccc6)c6ccc(-c7ccc(-n8c9ccccc9c9ccccc98)cc7)cc6)c5)cc4)cc3)C2C=C1. The Kier molecular flexibility index (Phi) is 10.3. The van der Waals surface area contributed by atoms with Gasteiger partial charge in [0.15, 0.2) is 0 Å². The minimum atomic E-state index is 0.282. The van der Waals surface area contributed by atoms with E-state index in [2.05, 4.69) is 298 Å². The predicted molar refractivity (Wildman–Crippen MR) is 294 cm³/mol. The van der Waals surface area contributed by atoms with E-state index >= 15 is 0 Å². The summed E-state index contributed by atoms with van der Waals surface area (Å²) in [6, 6.07) is 92.6. The molecule has 2 aliphatic rings. The molecular formula is C66H48N4. The molecule has 0 fully saturated rings. The Morgan fingerprint density at radius 3 is 1.27 bits per heavy atom. The molecule has 13 rings (SSSR count). The summed E-state index contributed by atoms with van der Waals surface area (Å²) in [6.45, 7) is 0. The fraction of sp³-hybridized carbons (Fsp3) is 0.0303. The second kappa shape index (κ2) is 17.5. The Balaban J connectivity index is 0.798. The van der Waals surface area contributed by atoms with Crippen molar-refractivity contribution < 1.29 is 0 Å². The summed E-state index contributed by atoms with van der Waals surface area (Å²) in [6.07, 6.45) is 9.02. The van der Waals surface area contributed by atoms with Gasteiger partial charge in [0.1, 0.15) is 0 Å². The van der Waals surface area contributed by atoms with Crippen LogP contribution in [0.1, 0.15) is 11.5 Å². The largest absolute Gasteiger partial charge is 0.333 e. The van der Waals surface area contributed by atoms with Gasteiger partial charge in [0.25, 0.3) is 0 Å². The van der Waals surface area contributed by atoms with Crippen LogP contribution in [0.15, 0.2) is 279 Å². The van der Waals surface area contributed by atoms with Crippen molar-refractivity contribution in [3.63, 3.8) is 0 Å². The van der Waals surface area contributed by atoms with E-state index in [1.807, 2.05) is 0 Å². The van der Waals surface area contributed by atoms with E-state index in [4.69, 9.17) is 0 Å². The molecule has 0 saturated heterocycles. The van der Waals surface area contributed by atoms with Crippen molar-refractivity contribution in [3.8, 4) is 27.9 Å². The minimum Gasteiger partial charge on any atom is -0.333 e. The van der Waals surface area contributed by atoms with E-state index in [0.717, 1.165) is 39.8 Å². The van der Waals surface area contributed by atoms with Gasteiger partial charge in [-0.25, -0.2) is 0 Å². The zero-order valence-electron chi connectivity index (χ0n) is 38.5. The van der Waals surface area contributed by atoms with E-state index in [1.165, 1.54) is 61.0 Å². The van der Waals surface area contributed by atoms with E-state index in [1.54, 1.807) is 0 Å². The van der Waals surface area contributed by atoms with Crippen LogP contribution in [0.3, 0.4) is 0 Å². The monoisotopic (exact) mass is 896 g/mol. The van der Waals surface area contributed by atoms with Crippen molar-refractivity contribution in [2.75, 3.05) is 14.7 Å². The highest BCUT2D eigenvalue weighted by molar-refractivity contribution is 6.09. The number of hydrogen-bond donors (Lipinski definition) is 0. The second-order valence-corrected chi connectivity index (χ2v) is 18.1. The lowest BCUT2D eigenvalue weighted by atomic mass is 9.91. The Morgan fingerprint density at radius 1 is 0.314 bits per heavy atom. The molecule has 70 heavy (non-hydrogen) atoms. The molecule has 1 aromatic heterocycles. The summed E-state index contributed by atoms with van der Waals surface area (Å²) in [5, 5.41) is 2.54. The maximum atomic E-state index is 2.49. The maximum absolute atomic E-state index is 2.49. The number of nitrogens with zero attached hydrogens (tertiary/aromatic N) is 4. The Hall–Kier alpha value is -9.12. The number of para-hydroxylation sites is 5. The highest BCUT2D eigenvalue weighted by Gasteiger charge is 2.37. The van der Waals surface area contributed by atoms with Gasteiger partial charge in [-0.1, -0.05) is 170 Å². The molecule has 11 aromatic rings. The van der Waals surface area contributed by atoms with Gasteiger partial charge in [0, 0.05) is 67.9 Å². The van der Waals surface area contributed by atoms with Crippen LogP contribution < -0.4 is 14.7 Å². The molecule has 0 amide bonds. The van der Waals surface area contributed by atoms with Gasteiger partial charge in [-0.15, -0.1) is 0 Å². The first kappa shape index (κ1) is 41.1. The summed E-state index contributed by atoms with van der Waals surface area (Å²) in [5.41, 5.74) is 18.6. The number of rotatable bonds is 10. The van der Waals surface area contributed by atoms with Crippen LogP contribution in [0.4, 0.5) is 45.5 Å². The molecule has 0 radical (unpaired) electrons. The lowest BCUT2D eigenvalue weighted by Gasteiger charge is -2.29. The Labute approximate surface area is 409 Å². The van der Waals surface area contributed by atoms with Gasteiger partial charge in [0.2, 0.25) is 0 Å². The molecule has 10 aromatic carbocycles. The van der Waals surface area contributed by atoms with Gasteiger partial charge < -0.3 is 19.3 Å². The van der Waals surface area contributed by atoms with Crippen molar-refractivity contribution in [1.82, 2.24) is 4.57 Å². The zero-order chi connectivity index (χ0) is 46.4. The molecule has 0 bridgehead atoms. The molecule has 0 saturated carbocycles. The van der Waals surface area contributed by atoms with Crippen LogP contribution in [0.2, 0.25) is 0 Å². The minimum absolute atomic E-state index is 0.282. The molecule has 1 aliphatic heterocycles. The van der Waals surface area contributed by atoms with Gasteiger partial charge in [-0.3, -0.25) is 0 Å². The highest BCUT2D eigenvalue weighted by Crippen LogP contribution is 2.48. The fourth-order valence-corrected chi connectivity index (χ4v) is 10.8. The average Bonchev–Trinajstić information content (AvgIpc) is 3.96. The molecule has 2 heterocycles. The van der Waals surface area contributed by atoms with Crippen molar-refractivity contribution in [2.24, 2.45) is 0 Å². The number of anilines is 8. The maximum Gasteiger partial charge on any atom is 0.0629 e. The van der Waals surface area contributed by atoms with Crippen molar-refractivity contribution >= 4 is 67.3 Å². The van der Waals surface area contributed by atoms with Gasteiger partial charge in [-0.2, -0.15) is 0 Å². The third kappa shape index (κ3) is 7.26. The molecule has 4 nitrogen and oxygen atoms in total. The Morgan fingerprint density at radius 2 is 0.729 bits per heavy atom. The molecule has 332 valence electrons. The normalized spacial score (nSPS) is 14.7. The second-order valence-electron chi connectivity index (χ2n) is 18.1. The lowest BCUT2D eigenvalue weighted by molar-refractivity contribution is 0.745. The molecule has 0 spiro atoms. The van der Waals surface area contributed by atoms with E-state index in [-0.39, 0.29) is 6.04 Å². The van der Waals surface area contributed by atoms with Gasteiger partial charge in [-0.05, 0) is 137 Å². The number of aromatic nitrogens is 1. The van der Waals surface area contributed by atoms with Gasteiger partial charge in [0.05, 0.1) is 17.1 Å². The summed E-state index contributed by atoms with van der Waals surface area (Å²) in [7, 11) is 0. The van der Waals surface area contributed by atoms with Crippen molar-refractivity contribution in [3.05, 3.63) is 285 Å². The fourth-order valence-electron chi connectivity index (χ4n) is 10.8. The van der Waals surface area contributed by atoms with Crippen LogP contribution in [0.5, 0.6) is 0 Å². The third-order valence-electron chi connectivity index (χ3n) is 14.1.